The third-order valence-corrected chi connectivity index (χ3v) is 2.39. The highest BCUT2D eigenvalue weighted by Gasteiger charge is 2.37. The van der Waals surface area contributed by atoms with Crippen LogP contribution in [0.2, 0.25) is 0 Å². The zero-order valence-electron chi connectivity index (χ0n) is 8.30. The lowest BCUT2D eigenvalue weighted by atomic mass is 9.79. The summed E-state index contributed by atoms with van der Waals surface area (Å²) in [6.45, 7) is 1.42. The molecule has 2 N–H and O–H groups in total. The predicted molar refractivity (Wildman–Crippen MR) is 53.7 cm³/mol. The Bertz CT molecular complexity index is 371. The fourth-order valence-electron chi connectivity index (χ4n) is 1.41. The van der Waals surface area contributed by atoms with Crippen LogP contribution in [0.3, 0.4) is 0 Å². The van der Waals surface area contributed by atoms with Gasteiger partial charge in [0.1, 0.15) is 5.41 Å². The molecule has 0 saturated carbocycles. The molecule has 0 fully saturated rings. The zero-order chi connectivity index (χ0) is 11.5. The van der Waals surface area contributed by atoms with Crippen LogP contribution in [-0.4, -0.2) is 22.2 Å². The van der Waals surface area contributed by atoms with Crippen molar-refractivity contribution >= 4 is 11.9 Å². The van der Waals surface area contributed by atoms with Crippen molar-refractivity contribution in [1.82, 2.24) is 0 Å². The molecule has 0 aliphatic rings. The average molecular weight is 208 g/mol. The molecular formula is C11H12O4. The highest BCUT2D eigenvalue weighted by molar-refractivity contribution is 5.86. The van der Waals surface area contributed by atoms with Gasteiger partial charge in [0.2, 0.25) is 0 Å². The molecule has 1 aromatic carbocycles. The largest absolute Gasteiger partial charge is 0.481 e. The number of carboxylic acid groups (broad SMARTS) is 2. The first kappa shape index (κ1) is 11.2. The van der Waals surface area contributed by atoms with Gasteiger partial charge in [-0.25, -0.2) is 0 Å². The van der Waals surface area contributed by atoms with E-state index in [9.17, 15) is 9.59 Å². The summed E-state index contributed by atoms with van der Waals surface area (Å²) in [4.78, 5) is 21.7. The maximum atomic E-state index is 11.1. The summed E-state index contributed by atoms with van der Waals surface area (Å²) in [5.74, 6) is -2.25. The first-order valence-corrected chi connectivity index (χ1v) is 4.47. The maximum absolute atomic E-state index is 11.1. The number of rotatable bonds is 4. The second kappa shape index (κ2) is 4.13. The predicted octanol–water partition coefficient (Wildman–Crippen LogP) is 1.50. The smallest absolute Gasteiger partial charge is 0.314 e. The molecule has 1 atom stereocenters. The van der Waals surface area contributed by atoms with E-state index in [4.69, 9.17) is 10.2 Å². The molecule has 0 radical (unpaired) electrons. The number of benzene rings is 1. The van der Waals surface area contributed by atoms with Crippen LogP contribution in [0, 0.1) is 0 Å². The first-order chi connectivity index (χ1) is 6.97. The molecule has 4 heteroatoms. The van der Waals surface area contributed by atoms with Gasteiger partial charge in [-0.15, -0.1) is 0 Å². The van der Waals surface area contributed by atoms with Crippen molar-refractivity contribution in [3.63, 3.8) is 0 Å². The van der Waals surface area contributed by atoms with Crippen LogP contribution in [-0.2, 0) is 15.0 Å². The highest BCUT2D eigenvalue weighted by Crippen LogP contribution is 2.27. The Labute approximate surface area is 87.2 Å². The molecule has 0 aliphatic carbocycles. The molecule has 0 bridgehead atoms. The SMILES string of the molecule is C[C@](CC(=O)O)(C(=O)O)c1ccccc1. The van der Waals surface area contributed by atoms with Gasteiger partial charge in [-0.3, -0.25) is 9.59 Å². The summed E-state index contributed by atoms with van der Waals surface area (Å²) in [7, 11) is 0. The summed E-state index contributed by atoms with van der Waals surface area (Å²) < 4.78 is 0. The molecule has 4 nitrogen and oxygen atoms in total. The van der Waals surface area contributed by atoms with Gasteiger partial charge in [0.25, 0.3) is 0 Å². The fraction of sp³-hybridized carbons (Fsp3) is 0.273. The van der Waals surface area contributed by atoms with Gasteiger partial charge in [-0.2, -0.15) is 0 Å². The summed E-state index contributed by atoms with van der Waals surface area (Å²) in [5.41, 5.74) is -0.868. The monoisotopic (exact) mass is 208 g/mol. The third-order valence-electron chi connectivity index (χ3n) is 2.39. The summed E-state index contributed by atoms with van der Waals surface area (Å²) >= 11 is 0. The quantitative estimate of drug-likeness (QED) is 0.786. The lowest BCUT2D eigenvalue weighted by molar-refractivity contribution is -0.149. The van der Waals surface area contributed by atoms with Gasteiger partial charge in [-0.05, 0) is 12.5 Å². The highest BCUT2D eigenvalue weighted by atomic mass is 16.4. The minimum absolute atomic E-state index is 0.424. The van der Waals surface area contributed by atoms with E-state index in [2.05, 4.69) is 0 Å². The molecule has 1 rings (SSSR count). The van der Waals surface area contributed by atoms with Gasteiger partial charge in [0.15, 0.2) is 0 Å². The number of aliphatic carboxylic acids is 2. The molecule has 0 spiro atoms. The third kappa shape index (κ3) is 2.34. The standard InChI is InChI=1S/C11H12O4/c1-11(10(14)15,7-9(12)13)8-5-3-2-4-6-8/h2-6H,7H2,1H3,(H,12,13)(H,14,15)/t11-/m1/s1. The normalized spacial score (nSPS) is 14.2. The molecule has 15 heavy (non-hydrogen) atoms. The fourth-order valence-corrected chi connectivity index (χ4v) is 1.41. The molecule has 0 amide bonds. The number of carbonyl (C=O) groups is 2. The van der Waals surface area contributed by atoms with Crippen LogP contribution < -0.4 is 0 Å². The molecule has 0 heterocycles. The van der Waals surface area contributed by atoms with Gasteiger partial charge in [-0.1, -0.05) is 30.3 Å². The Morgan fingerprint density at radius 2 is 1.73 bits per heavy atom. The molecular weight excluding hydrogens is 196 g/mol. The Morgan fingerprint density at radius 1 is 1.20 bits per heavy atom. The van der Waals surface area contributed by atoms with Crippen LogP contribution in [0.1, 0.15) is 18.9 Å². The lowest BCUT2D eigenvalue weighted by Crippen LogP contribution is -2.34. The van der Waals surface area contributed by atoms with Crippen LogP contribution in [0.15, 0.2) is 30.3 Å². The van der Waals surface area contributed by atoms with Crippen molar-refractivity contribution < 1.29 is 19.8 Å². The topological polar surface area (TPSA) is 74.6 Å². The van der Waals surface area contributed by atoms with Crippen LogP contribution in [0.5, 0.6) is 0 Å². The number of hydrogen-bond donors (Lipinski definition) is 2. The molecule has 0 unspecified atom stereocenters. The van der Waals surface area contributed by atoms with Crippen molar-refractivity contribution in [2.45, 2.75) is 18.8 Å². The van der Waals surface area contributed by atoms with Gasteiger partial charge in [0.05, 0.1) is 6.42 Å². The van der Waals surface area contributed by atoms with Crippen molar-refractivity contribution in [2.75, 3.05) is 0 Å². The van der Waals surface area contributed by atoms with Crippen molar-refractivity contribution in [3.8, 4) is 0 Å². The van der Waals surface area contributed by atoms with E-state index < -0.39 is 23.8 Å². The summed E-state index contributed by atoms with van der Waals surface area (Å²) in [6.07, 6.45) is -0.424. The zero-order valence-corrected chi connectivity index (χ0v) is 8.30. The Balaban J connectivity index is 3.13. The number of hydrogen-bond acceptors (Lipinski definition) is 2. The van der Waals surface area contributed by atoms with E-state index in [-0.39, 0.29) is 0 Å². The van der Waals surface area contributed by atoms with Crippen molar-refractivity contribution in [3.05, 3.63) is 35.9 Å². The van der Waals surface area contributed by atoms with E-state index in [1.165, 1.54) is 6.92 Å². The molecule has 0 aliphatic heterocycles. The van der Waals surface area contributed by atoms with Gasteiger partial charge < -0.3 is 10.2 Å². The van der Waals surface area contributed by atoms with Crippen molar-refractivity contribution in [1.29, 1.82) is 0 Å². The summed E-state index contributed by atoms with van der Waals surface area (Å²) in [6, 6.07) is 8.39. The van der Waals surface area contributed by atoms with Crippen molar-refractivity contribution in [2.24, 2.45) is 0 Å². The summed E-state index contributed by atoms with van der Waals surface area (Å²) in [5, 5.41) is 17.8. The first-order valence-electron chi connectivity index (χ1n) is 4.47. The van der Waals surface area contributed by atoms with Crippen LogP contribution >= 0.6 is 0 Å². The van der Waals surface area contributed by atoms with E-state index in [0.29, 0.717) is 5.56 Å². The average Bonchev–Trinajstić information content (AvgIpc) is 2.17. The van der Waals surface area contributed by atoms with Crippen LogP contribution in [0.25, 0.3) is 0 Å². The molecule has 80 valence electrons. The molecule has 0 saturated heterocycles. The van der Waals surface area contributed by atoms with E-state index >= 15 is 0 Å². The maximum Gasteiger partial charge on any atom is 0.314 e. The minimum atomic E-state index is -1.37. The molecule has 0 aromatic heterocycles. The van der Waals surface area contributed by atoms with E-state index in [1.807, 2.05) is 0 Å². The minimum Gasteiger partial charge on any atom is -0.481 e. The Morgan fingerprint density at radius 3 is 2.13 bits per heavy atom. The van der Waals surface area contributed by atoms with Gasteiger partial charge in [0, 0.05) is 0 Å². The molecule has 1 aromatic rings. The van der Waals surface area contributed by atoms with Crippen LogP contribution in [0.4, 0.5) is 0 Å². The Hall–Kier alpha value is -1.84. The second-order valence-corrected chi connectivity index (χ2v) is 3.57. The number of carboxylic acids is 2. The Kier molecular flexibility index (Phi) is 3.09. The van der Waals surface area contributed by atoms with E-state index in [0.717, 1.165) is 0 Å². The lowest BCUT2D eigenvalue weighted by Gasteiger charge is -2.23. The van der Waals surface area contributed by atoms with E-state index in [1.54, 1.807) is 30.3 Å². The van der Waals surface area contributed by atoms with Gasteiger partial charge >= 0.3 is 11.9 Å². The second-order valence-electron chi connectivity index (χ2n) is 3.57.